The average Bonchev–Trinajstić information content (AvgIpc) is 2.29. The maximum absolute atomic E-state index is 9.66. The summed E-state index contributed by atoms with van der Waals surface area (Å²) in [4.78, 5) is 4.17. The molecule has 0 radical (unpaired) electrons. The molecule has 3 N–H and O–H groups in total. The number of phenols is 1. The number of nitrogens with zero attached hydrogens (tertiary/aromatic N) is 1. The summed E-state index contributed by atoms with van der Waals surface area (Å²) in [5.74, 6) is 0.496. The third-order valence-electron chi connectivity index (χ3n) is 2.67. The van der Waals surface area contributed by atoms with E-state index in [1.54, 1.807) is 12.3 Å². The Morgan fingerprint density at radius 1 is 1.40 bits per heavy atom. The molecule has 0 aliphatic carbocycles. The van der Waals surface area contributed by atoms with Gasteiger partial charge in [-0.2, -0.15) is 0 Å². The minimum atomic E-state index is 0.221. The minimum absolute atomic E-state index is 0.221. The Morgan fingerprint density at radius 2 is 2.20 bits per heavy atom. The molecule has 0 aliphatic heterocycles. The molecule has 1 aromatic heterocycles. The van der Waals surface area contributed by atoms with E-state index in [0.29, 0.717) is 12.1 Å². The lowest BCUT2D eigenvalue weighted by molar-refractivity contribution is 0.480. The molecule has 0 saturated heterocycles. The minimum Gasteiger partial charge on any atom is -0.506 e. The third-order valence-corrected chi connectivity index (χ3v) is 2.67. The van der Waals surface area contributed by atoms with Crippen molar-refractivity contribution in [1.29, 1.82) is 0 Å². The predicted molar refractivity (Wildman–Crippen MR) is 60.9 cm³/mol. The van der Waals surface area contributed by atoms with Gasteiger partial charge in [-0.25, -0.2) is 0 Å². The summed E-state index contributed by atoms with van der Waals surface area (Å²) in [7, 11) is 0. The molecule has 2 rings (SSSR count). The van der Waals surface area contributed by atoms with Crippen LogP contribution in [0, 0.1) is 0 Å². The molecule has 0 aliphatic rings. The highest BCUT2D eigenvalue weighted by Crippen LogP contribution is 2.29. The van der Waals surface area contributed by atoms with Crippen molar-refractivity contribution in [1.82, 2.24) is 4.98 Å². The van der Waals surface area contributed by atoms with Crippen molar-refractivity contribution in [2.24, 2.45) is 5.73 Å². The summed E-state index contributed by atoms with van der Waals surface area (Å²) in [6, 6.07) is 7.42. The van der Waals surface area contributed by atoms with Crippen LogP contribution in [-0.4, -0.2) is 16.6 Å². The second-order valence-electron chi connectivity index (χ2n) is 3.71. The lowest BCUT2D eigenvalue weighted by Gasteiger charge is -2.12. The molecule has 3 heteroatoms. The first-order valence-corrected chi connectivity index (χ1v) is 5.00. The summed E-state index contributed by atoms with van der Waals surface area (Å²) < 4.78 is 0. The summed E-state index contributed by atoms with van der Waals surface area (Å²) in [5, 5.41) is 10.6. The predicted octanol–water partition coefficient (Wildman–Crippen LogP) is 2.00. The highest BCUT2D eigenvalue weighted by Gasteiger charge is 2.10. The van der Waals surface area contributed by atoms with Crippen LogP contribution in [0.5, 0.6) is 5.75 Å². The molecule has 1 atom stereocenters. The Hall–Kier alpha value is -1.61. The molecule has 78 valence electrons. The van der Waals surface area contributed by atoms with E-state index >= 15 is 0 Å². The van der Waals surface area contributed by atoms with Crippen molar-refractivity contribution in [3.8, 4) is 5.75 Å². The lowest BCUT2D eigenvalue weighted by atomic mass is 9.96. The first-order chi connectivity index (χ1) is 7.24. The van der Waals surface area contributed by atoms with E-state index in [0.717, 1.165) is 10.9 Å². The monoisotopic (exact) mass is 202 g/mol. The van der Waals surface area contributed by atoms with Crippen molar-refractivity contribution in [2.75, 3.05) is 6.54 Å². The van der Waals surface area contributed by atoms with Crippen LogP contribution in [0.25, 0.3) is 10.9 Å². The number of aromatic hydroxyl groups is 1. The first-order valence-electron chi connectivity index (χ1n) is 5.00. The fourth-order valence-electron chi connectivity index (χ4n) is 1.74. The quantitative estimate of drug-likeness (QED) is 0.783. The van der Waals surface area contributed by atoms with Crippen LogP contribution in [0.2, 0.25) is 0 Å². The molecular formula is C12H14N2O. The van der Waals surface area contributed by atoms with Crippen LogP contribution >= 0.6 is 0 Å². The van der Waals surface area contributed by atoms with E-state index in [1.165, 1.54) is 0 Å². The summed E-state index contributed by atoms with van der Waals surface area (Å²) in [5.41, 5.74) is 7.44. The van der Waals surface area contributed by atoms with Gasteiger partial charge in [0.2, 0.25) is 0 Å². The molecule has 0 bridgehead atoms. The molecule has 0 saturated carbocycles. The van der Waals surface area contributed by atoms with Crippen molar-refractivity contribution >= 4 is 10.9 Å². The molecule has 0 amide bonds. The smallest absolute Gasteiger partial charge is 0.141 e. The topological polar surface area (TPSA) is 59.1 Å². The van der Waals surface area contributed by atoms with Crippen LogP contribution in [0.1, 0.15) is 18.4 Å². The van der Waals surface area contributed by atoms with Gasteiger partial charge in [-0.3, -0.25) is 4.98 Å². The van der Waals surface area contributed by atoms with Crippen LogP contribution in [0.4, 0.5) is 0 Å². The van der Waals surface area contributed by atoms with Gasteiger partial charge in [0.05, 0.1) is 0 Å². The van der Waals surface area contributed by atoms with E-state index in [4.69, 9.17) is 5.73 Å². The Bertz CT molecular complexity index is 482. The maximum atomic E-state index is 9.66. The number of pyridine rings is 1. The van der Waals surface area contributed by atoms with E-state index in [-0.39, 0.29) is 11.7 Å². The number of aromatic nitrogens is 1. The van der Waals surface area contributed by atoms with Gasteiger partial charge in [0.1, 0.15) is 11.3 Å². The Kier molecular flexibility index (Phi) is 2.56. The van der Waals surface area contributed by atoms with Crippen molar-refractivity contribution < 1.29 is 5.11 Å². The van der Waals surface area contributed by atoms with Gasteiger partial charge in [0.15, 0.2) is 0 Å². The Labute approximate surface area is 88.6 Å². The van der Waals surface area contributed by atoms with Crippen LogP contribution in [0.3, 0.4) is 0 Å². The molecule has 1 heterocycles. The zero-order valence-electron chi connectivity index (χ0n) is 8.64. The fraction of sp³-hybridized carbons (Fsp3) is 0.250. The van der Waals surface area contributed by atoms with Gasteiger partial charge in [-0.1, -0.05) is 19.1 Å². The fourth-order valence-corrected chi connectivity index (χ4v) is 1.74. The molecule has 2 aromatic rings. The second-order valence-corrected chi connectivity index (χ2v) is 3.71. The largest absolute Gasteiger partial charge is 0.506 e. The van der Waals surface area contributed by atoms with E-state index in [1.807, 2.05) is 18.2 Å². The zero-order valence-corrected chi connectivity index (χ0v) is 8.64. The van der Waals surface area contributed by atoms with Crippen LogP contribution < -0.4 is 5.73 Å². The Morgan fingerprint density at radius 3 is 2.93 bits per heavy atom. The number of hydrogen-bond donors (Lipinski definition) is 2. The number of nitrogens with two attached hydrogens (primary N) is 1. The van der Waals surface area contributed by atoms with Gasteiger partial charge < -0.3 is 10.8 Å². The number of benzene rings is 1. The van der Waals surface area contributed by atoms with E-state index in [9.17, 15) is 5.11 Å². The average molecular weight is 202 g/mol. The maximum Gasteiger partial charge on any atom is 0.141 e. The molecule has 0 spiro atoms. The summed E-state index contributed by atoms with van der Waals surface area (Å²) >= 11 is 0. The van der Waals surface area contributed by atoms with Crippen molar-refractivity contribution in [3.05, 3.63) is 36.0 Å². The number of hydrogen-bond acceptors (Lipinski definition) is 3. The molecule has 3 nitrogen and oxygen atoms in total. The molecule has 1 unspecified atom stereocenters. The van der Waals surface area contributed by atoms with Crippen molar-refractivity contribution in [3.63, 3.8) is 0 Å². The molecule has 15 heavy (non-hydrogen) atoms. The standard InChI is InChI=1S/C12H14N2O/c1-8(7-13)9-4-5-11(15)12-10(9)3-2-6-14-12/h2-6,8,15H,7,13H2,1H3. The SMILES string of the molecule is CC(CN)c1ccc(O)c2ncccc12. The van der Waals surface area contributed by atoms with Crippen LogP contribution in [0.15, 0.2) is 30.5 Å². The van der Waals surface area contributed by atoms with Crippen LogP contribution in [-0.2, 0) is 0 Å². The summed E-state index contributed by atoms with van der Waals surface area (Å²) in [6.45, 7) is 2.66. The third kappa shape index (κ3) is 1.66. The van der Waals surface area contributed by atoms with Gasteiger partial charge in [-0.15, -0.1) is 0 Å². The van der Waals surface area contributed by atoms with Gasteiger partial charge in [0.25, 0.3) is 0 Å². The van der Waals surface area contributed by atoms with E-state index < -0.39 is 0 Å². The number of phenolic OH excluding ortho intramolecular Hbond substituents is 1. The highest BCUT2D eigenvalue weighted by molar-refractivity contribution is 5.87. The van der Waals surface area contributed by atoms with Gasteiger partial charge in [-0.05, 0) is 30.2 Å². The van der Waals surface area contributed by atoms with Crippen molar-refractivity contribution in [2.45, 2.75) is 12.8 Å². The first kappa shape index (κ1) is 9.93. The molecule has 1 aromatic carbocycles. The lowest BCUT2D eigenvalue weighted by Crippen LogP contribution is -2.09. The van der Waals surface area contributed by atoms with E-state index in [2.05, 4.69) is 11.9 Å². The molecule has 0 fully saturated rings. The Balaban J connectivity index is 2.71. The summed E-state index contributed by atoms with van der Waals surface area (Å²) in [6.07, 6.45) is 1.68. The number of rotatable bonds is 2. The van der Waals surface area contributed by atoms with Gasteiger partial charge in [0, 0.05) is 11.6 Å². The highest BCUT2D eigenvalue weighted by atomic mass is 16.3. The molecular weight excluding hydrogens is 188 g/mol. The zero-order chi connectivity index (χ0) is 10.8. The second kappa shape index (κ2) is 3.87. The number of fused-ring (bicyclic) bond motifs is 1. The normalized spacial score (nSPS) is 12.9. The van der Waals surface area contributed by atoms with Gasteiger partial charge >= 0.3 is 0 Å².